The molecule has 0 fully saturated rings. The van der Waals surface area contributed by atoms with Crippen molar-refractivity contribution in [3.05, 3.63) is 41.2 Å². The molecule has 1 aliphatic heterocycles. The second-order valence-corrected chi connectivity index (χ2v) is 4.44. The lowest BCUT2D eigenvalue weighted by Gasteiger charge is -2.09. The van der Waals surface area contributed by atoms with Crippen LogP contribution in [-0.2, 0) is 6.54 Å². The molecule has 1 amide bonds. The fourth-order valence-electron chi connectivity index (χ4n) is 2.00. The minimum absolute atomic E-state index is 0.0277. The van der Waals surface area contributed by atoms with Gasteiger partial charge in [0.15, 0.2) is 0 Å². The average Bonchev–Trinajstić information content (AvgIpc) is 2.79. The van der Waals surface area contributed by atoms with Gasteiger partial charge in [0.2, 0.25) is 0 Å². The van der Waals surface area contributed by atoms with Crippen molar-refractivity contribution in [2.75, 3.05) is 20.2 Å². The van der Waals surface area contributed by atoms with Crippen LogP contribution in [0.25, 0.3) is 0 Å². The van der Waals surface area contributed by atoms with Crippen LogP contribution in [0.15, 0.2) is 30.0 Å². The number of ether oxygens (including phenoxy) is 1. The van der Waals surface area contributed by atoms with Crippen molar-refractivity contribution in [2.24, 2.45) is 0 Å². The van der Waals surface area contributed by atoms with E-state index in [1.807, 2.05) is 0 Å². The second kappa shape index (κ2) is 6.21. The standard InChI is InChI=1S/C14H17N3O3/c1-16-6-9(15)5-10(18)8-20-13-4-2-3-11-12(13)7-17-14(11)19/h2-5,15-16,18H,6-8H2,1H3,(H,17,19)/b10-5-,15-9?. The lowest BCUT2D eigenvalue weighted by molar-refractivity contribution is 0.0965. The molecule has 0 saturated heterocycles. The number of carbonyl (C=O) groups is 1. The zero-order chi connectivity index (χ0) is 14.5. The van der Waals surface area contributed by atoms with E-state index in [2.05, 4.69) is 10.6 Å². The Balaban J connectivity index is 2.02. The van der Waals surface area contributed by atoms with Gasteiger partial charge in [-0.3, -0.25) is 4.79 Å². The van der Waals surface area contributed by atoms with Gasteiger partial charge in [0.05, 0.1) is 0 Å². The summed E-state index contributed by atoms with van der Waals surface area (Å²) in [6, 6.07) is 5.23. The lowest BCUT2D eigenvalue weighted by Crippen LogP contribution is -2.17. The van der Waals surface area contributed by atoms with Gasteiger partial charge in [0.1, 0.15) is 18.1 Å². The maximum atomic E-state index is 11.5. The fourth-order valence-corrected chi connectivity index (χ4v) is 2.00. The predicted octanol–water partition coefficient (Wildman–Crippen LogP) is 0.990. The zero-order valence-corrected chi connectivity index (χ0v) is 11.2. The highest BCUT2D eigenvalue weighted by Gasteiger charge is 2.21. The third-order valence-electron chi connectivity index (χ3n) is 2.89. The fraction of sp³-hybridized carbons (Fsp3) is 0.286. The smallest absolute Gasteiger partial charge is 0.252 e. The summed E-state index contributed by atoms with van der Waals surface area (Å²) in [6.45, 7) is 0.782. The summed E-state index contributed by atoms with van der Waals surface area (Å²) in [6.07, 6.45) is 1.35. The highest BCUT2D eigenvalue weighted by atomic mass is 16.5. The SMILES string of the molecule is CNCC(=N)/C=C(\O)COc1cccc2c1CNC2=O. The molecule has 20 heavy (non-hydrogen) atoms. The Hall–Kier alpha value is -2.34. The minimum Gasteiger partial charge on any atom is -0.509 e. The van der Waals surface area contributed by atoms with Gasteiger partial charge >= 0.3 is 0 Å². The normalized spacial score (nSPS) is 13.8. The van der Waals surface area contributed by atoms with Gasteiger partial charge in [-0.1, -0.05) is 6.07 Å². The number of benzene rings is 1. The van der Waals surface area contributed by atoms with Crippen LogP contribution in [-0.4, -0.2) is 36.9 Å². The molecule has 0 bridgehead atoms. The number of amides is 1. The molecule has 0 atom stereocenters. The third-order valence-corrected chi connectivity index (χ3v) is 2.89. The highest BCUT2D eigenvalue weighted by molar-refractivity contribution is 5.99. The summed E-state index contributed by atoms with van der Waals surface area (Å²) in [5.41, 5.74) is 1.67. The monoisotopic (exact) mass is 275 g/mol. The molecule has 1 aromatic carbocycles. The van der Waals surface area contributed by atoms with E-state index in [1.54, 1.807) is 25.2 Å². The number of aliphatic hydroxyl groups is 1. The van der Waals surface area contributed by atoms with E-state index in [0.29, 0.717) is 24.4 Å². The summed E-state index contributed by atoms with van der Waals surface area (Å²) in [5.74, 6) is 0.432. The van der Waals surface area contributed by atoms with Crippen molar-refractivity contribution in [3.8, 4) is 5.75 Å². The molecular formula is C14H17N3O3. The van der Waals surface area contributed by atoms with Crippen molar-refractivity contribution in [1.29, 1.82) is 5.41 Å². The number of aliphatic hydroxyl groups excluding tert-OH is 1. The van der Waals surface area contributed by atoms with Crippen LogP contribution in [0.1, 0.15) is 15.9 Å². The molecule has 0 aromatic heterocycles. The number of hydrogen-bond acceptors (Lipinski definition) is 5. The Morgan fingerprint density at radius 2 is 2.40 bits per heavy atom. The molecular weight excluding hydrogens is 258 g/mol. The molecule has 1 aromatic rings. The van der Waals surface area contributed by atoms with Crippen molar-refractivity contribution in [2.45, 2.75) is 6.54 Å². The molecule has 6 heteroatoms. The maximum Gasteiger partial charge on any atom is 0.252 e. The molecule has 4 N–H and O–H groups in total. The molecule has 0 aliphatic carbocycles. The van der Waals surface area contributed by atoms with E-state index in [9.17, 15) is 9.90 Å². The van der Waals surface area contributed by atoms with Crippen molar-refractivity contribution < 1.29 is 14.6 Å². The van der Waals surface area contributed by atoms with E-state index in [-0.39, 0.29) is 24.0 Å². The van der Waals surface area contributed by atoms with E-state index in [0.717, 1.165) is 5.56 Å². The van der Waals surface area contributed by atoms with Gasteiger partial charge in [-0.2, -0.15) is 0 Å². The number of rotatable bonds is 6. The quantitative estimate of drug-likeness (QED) is 0.460. The Morgan fingerprint density at radius 1 is 1.60 bits per heavy atom. The van der Waals surface area contributed by atoms with E-state index in [1.165, 1.54) is 6.08 Å². The van der Waals surface area contributed by atoms with Crippen LogP contribution in [0.2, 0.25) is 0 Å². The first-order valence-electron chi connectivity index (χ1n) is 6.26. The molecule has 106 valence electrons. The Bertz CT molecular complexity index is 567. The minimum atomic E-state index is -0.110. The molecule has 0 radical (unpaired) electrons. The summed E-state index contributed by atoms with van der Waals surface area (Å²) in [7, 11) is 1.73. The zero-order valence-electron chi connectivity index (χ0n) is 11.2. The van der Waals surface area contributed by atoms with Crippen molar-refractivity contribution >= 4 is 11.6 Å². The maximum absolute atomic E-state index is 11.5. The summed E-state index contributed by atoms with van der Waals surface area (Å²) < 4.78 is 5.51. The first-order valence-corrected chi connectivity index (χ1v) is 6.26. The molecule has 0 saturated carbocycles. The number of carbonyl (C=O) groups excluding carboxylic acids is 1. The molecule has 2 rings (SSSR count). The van der Waals surface area contributed by atoms with Gasteiger partial charge in [-0.15, -0.1) is 0 Å². The Morgan fingerprint density at radius 3 is 3.15 bits per heavy atom. The molecule has 1 heterocycles. The summed E-state index contributed by atoms with van der Waals surface area (Å²) >= 11 is 0. The van der Waals surface area contributed by atoms with Crippen molar-refractivity contribution in [3.63, 3.8) is 0 Å². The predicted molar refractivity (Wildman–Crippen MR) is 75.5 cm³/mol. The van der Waals surface area contributed by atoms with Gasteiger partial charge in [0.25, 0.3) is 5.91 Å². The van der Waals surface area contributed by atoms with E-state index < -0.39 is 0 Å². The van der Waals surface area contributed by atoms with Gasteiger partial charge < -0.3 is 25.9 Å². The number of fused-ring (bicyclic) bond motifs is 1. The third kappa shape index (κ3) is 3.16. The average molecular weight is 275 g/mol. The topological polar surface area (TPSA) is 94.4 Å². The van der Waals surface area contributed by atoms with E-state index in [4.69, 9.17) is 10.1 Å². The van der Waals surface area contributed by atoms with Crippen LogP contribution >= 0.6 is 0 Å². The summed E-state index contributed by atoms with van der Waals surface area (Å²) in [5, 5.41) is 22.8. The number of nitrogens with one attached hydrogen (secondary N) is 3. The first kappa shape index (κ1) is 14.1. The van der Waals surface area contributed by atoms with Gasteiger partial charge in [0, 0.05) is 36.0 Å². The largest absolute Gasteiger partial charge is 0.509 e. The second-order valence-electron chi connectivity index (χ2n) is 4.44. The Kier molecular flexibility index (Phi) is 4.37. The Labute approximate surface area is 117 Å². The van der Waals surface area contributed by atoms with Crippen molar-refractivity contribution in [1.82, 2.24) is 10.6 Å². The van der Waals surface area contributed by atoms with E-state index >= 15 is 0 Å². The van der Waals surface area contributed by atoms with Gasteiger partial charge in [-0.25, -0.2) is 0 Å². The molecule has 6 nitrogen and oxygen atoms in total. The molecule has 1 aliphatic rings. The van der Waals surface area contributed by atoms with Crippen LogP contribution in [0.5, 0.6) is 5.75 Å². The van der Waals surface area contributed by atoms with Crippen LogP contribution in [0.4, 0.5) is 0 Å². The lowest BCUT2D eigenvalue weighted by atomic mass is 10.1. The summed E-state index contributed by atoms with van der Waals surface area (Å²) in [4.78, 5) is 11.5. The first-order chi connectivity index (χ1) is 9.61. The molecule has 0 unspecified atom stereocenters. The van der Waals surface area contributed by atoms with Crippen LogP contribution in [0, 0.1) is 5.41 Å². The van der Waals surface area contributed by atoms with Gasteiger partial charge in [-0.05, 0) is 19.2 Å². The highest BCUT2D eigenvalue weighted by Crippen LogP contribution is 2.26. The van der Waals surface area contributed by atoms with Crippen LogP contribution in [0.3, 0.4) is 0 Å². The number of hydrogen-bond donors (Lipinski definition) is 4. The van der Waals surface area contributed by atoms with Crippen LogP contribution < -0.4 is 15.4 Å². The molecule has 0 spiro atoms.